The Morgan fingerprint density at radius 3 is 2.38 bits per heavy atom. The fraction of sp³-hybridized carbons (Fsp3) is 0.714. The van der Waals surface area contributed by atoms with Crippen molar-refractivity contribution in [1.82, 2.24) is 0 Å². The first-order valence-corrected chi connectivity index (χ1v) is 3.79. The van der Waals surface area contributed by atoms with Crippen LogP contribution >= 0.6 is 15.9 Å². The maximum absolute atomic E-state index is 3.76. The van der Waals surface area contributed by atoms with Gasteiger partial charge in [-0.25, -0.2) is 0 Å². The lowest BCUT2D eigenvalue weighted by Crippen LogP contribution is -1.89. The molecule has 0 saturated carbocycles. The number of hydrogen-bond donors (Lipinski definition) is 0. The molecule has 48 valence electrons. The summed E-state index contributed by atoms with van der Waals surface area (Å²) in [6, 6.07) is 0. The summed E-state index contributed by atoms with van der Waals surface area (Å²) in [5.74, 6) is 0.780. The van der Waals surface area contributed by atoms with Crippen molar-refractivity contribution in [2.45, 2.75) is 26.7 Å². The van der Waals surface area contributed by atoms with Gasteiger partial charge in [-0.15, -0.1) is 0 Å². The Hall–Kier alpha value is 0.220. The highest BCUT2D eigenvalue weighted by atomic mass is 79.9. The van der Waals surface area contributed by atoms with E-state index in [1.165, 1.54) is 6.42 Å². The molecule has 0 aliphatic rings. The highest BCUT2D eigenvalue weighted by Crippen LogP contribution is 2.16. The maximum atomic E-state index is 3.76. The molecule has 0 aromatic carbocycles. The van der Waals surface area contributed by atoms with Gasteiger partial charge in [0.2, 0.25) is 0 Å². The average Bonchev–Trinajstić information content (AvgIpc) is 1.65. The normalized spacial score (nSPS) is 13.4. The van der Waals surface area contributed by atoms with E-state index in [-0.39, 0.29) is 0 Å². The maximum Gasteiger partial charge on any atom is -0.0119 e. The van der Waals surface area contributed by atoms with Crippen LogP contribution < -0.4 is 0 Å². The van der Waals surface area contributed by atoms with E-state index in [1.807, 2.05) is 0 Å². The van der Waals surface area contributed by atoms with Gasteiger partial charge in [0.1, 0.15) is 0 Å². The van der Waals surface area contributed by atoms with Crippen LogP contribution in [-0.4, -0.2) is 0 Å². The first-order valence-electron chi connectivity index (χ1n) is 3.00. The van der Waals surface area contributed by atoms with Crippen molar-refractivity contribution in [1.29, 1.82) is 0 Å². The summed E-state index contributed by atoms with van der Waals surface area (Å²) in [4.78, 5) is 0. The van der Waals surface area contributed by atoms with Crippen molar-refractivity contribution < 1.29 is 0 Å². The summed E-state index contributed by atoms with van der Waals surface area (Å²) in [6.07, 6.45) is 2.35. The van der Waals surface area contributed by atoms with Crippen LogP contribution in [0.15, 0.2) is 11.1 Å². The lowest BCUT2D eigenvalue weighted by molar-refractivity contribution is 0.570. The van der Waals surface area contributed by atoms with Crippen LogP contribution in [0, 0.1) is 5.92 Å². The summed E-state index contributed by atoms with van der Waals surface area (Å²) in [5, 5.41) is 0. The first kappa shape index (κ1) is 8.22. The molecule has 0 aliphatic carbocycles. The summed E-state index contributed by atoms with van der Waals surface area (Å²) in [6.45, 7) is 8.18. The van der Waals surface area contributed by atoms with Crippen molar-refractivity contribution >= 4 is 15.9 Å². The van der Waals surface area contributed by atoms with Crippen molar-refractivity contribution in [2.75, 3.05) is 0 Å². The Morgan fingerprint density at radius 2 is 2.25 bits per heavy atom. The second-order valence-corrected chi connectivity index (χ2v) is 3.36. The summed E-state index contributed by atoms with van der Waals surface area (Å²) in [5.41, 5.74) is 0. The molecule has 0 nitrogen and oxygen atoms in total. The van der Waals surface area contributed by atoms with Crippen LogP contribution in [-0.2, 0) is 0 Å². The monoisotopic (exact) mass is 176 g/mol. The van der Waals surface area contributed by atoms with Crippen LogP contribution in [0.25, 0.3) is 0 Å². The molecule has 0 aliphatic heterocycles. The molecular formula is C7H13Br. The van der Waals surface area contributed by atoms with Gasteiger partial charge < -0.3 is 0 Å². The third kappa shape index (κ3) is 4.38. The van der Waals surface area contributed by atoms with E-state index in [0.717, 1.165) is 16.8 Å². The largest absolute Gasteiger partial charge is 0.0889 e. The Morgan fingerprint density at radius 1 is 1.75 bits per heavy atom. The van der Waals surface area contributed by atoms with E-state index in [9.17, 15) is 0 Å². The zero-order valence-electron chi connectivity index (χ0n) is 5.58. The lowest BCUT2D eigenvalue weighted by Gasteiger charge is -2.04. The minimum atomic E-state index is 0.780. The molecule has 0 radical (unpaired) electrons. The second-order valence-electron chi connectivity index (χ2n) is 2.23. The van der Waals surface area contributed by atoms with Crippen LogP contribution in [0.5, 0.6) is 0 Å². The molecule has 0 bridgehead atoms. The molecule has 1 atom stereocenters. The minimum absolute atomic E-state index is 0.780. The third-order valence-electron chi connectivity index (χ3n) is 1.27. The van der Waals surface area contributed by atoms with Crippen LogP contribution in [0.3, 0.4) is 0 Å². The van der Waals surface area contributed by atoms with Gasteiger partial charge in [-0.3, -0.25) is 0 Å². The molecule has 1 heteroatoms. The molecular weight excluding hydrogens is 164 g/mol. The van der Waals surface area contributed by atoms with E-state index in [2.05, 4.69) is 36.4 Å². The predicted octanol–water partition coefficient (Wildman–Crippen LogP) is 3.33. The smallest absolute Gasteiger partial charge is 0.0119 e. The number of allylic oxidation sites excluding steroid dienone is 1. The molecule has 0 rings (SSSR count). The van der Waals surface area contributed by atoms with Crippen molar-refractivity contribution in [3.63, 3.8) is 0 Å². The molecule has 0 fully saturated rings. The molecule has 0 N–H and O–H groups in total. The Kier molecular flexibility index (Phi) is 4.25. The van der Waals surface area contributed by atoms with Gasteiger partial charge in [-0.05, 0) is 16.8 Å². The number of hydrogen-bond acceptors (Lipinski definition) is 0. The van der Waals surface area contributed by atoms with E-state index in [4.69, 9.17) is 0 Å². The van der Waals surface area contributed by atoms with Crippen LogP contribution in [0.2, 0.25) is 0 Å². The van der Waals surface area contributed by atoms with Crippen molar-refractivity contribution in [2.24, 2.45) is 5.92 Å². The molecule has 1 unspecified atom stereocenters. The number of rotatable bonds is 3. The highest BCUT2D eigenvalue weighted by molar-refractivity contribution is 9.11. The number of halogens is 1. The molecule has 8 heavy (non-hydrogen) atoms. The van der Waals surface area contributed by atoms with Gasteiger partial charge in [0.15, 0.2) is 0 Å². The molecule has 0 spiro atoms. The van der Waals surface area contributed by atoms with Gasteiger partial charge in [-0.1, -0.05) is 42.8 Å². The van der Waals surface area contributed by atoms with Crippen LogP contribution in [0.1, 0.15) is 26.7 Å². The SMILES string of the molecule is C=C(Br)CC(C)CC. The molecule has 0 aromatic rings. The van der Waals surface area contributed by atoms with Crippen LogP contribution in [0.4, 0.5) is 0 Å². The van der Waals surface area contributed by atoms with E-state index >= 15 is 0 Å². The fourth-order valence-electron chi connectivity index (χ4n) is 0.522. The van der Waals surface area contributed by atoms with Gasteiger partial charge in [0.25, 0.3) is 0 Å². The molecule has 0 aromatic heterocycles. The van der Waals surface area contributed by atoms with Crippen molar-refractivity contribution in [3.8, 4) is 0 Å². The van der Waals surface area contributed by atoms with E-state index in [1.54, 1.807) is 0 Å². The summed E-state index contributed by atoms with van der Waals surface area (Å²) in [7, 11) is 0. The van der Waals surface area contributed by atoms with E-state index in [0.29, 0.717) is 0 Å². The lowest BCUT2D eigenvalue weighted by atomic mass is 10.1. The minimum Gasteiger partial charge on any atom is -0.0889 e. The Balaban J connectivity index is 3.24. The zero-order chi connectivity index (χ0) is 6.57. The molecule has 0 amide bonds. The fourth-order valence-corrected chi connectivity index (χ4v) is 1.08. The average molecular weight is 177 g/mol. The van der Waals surface area contributed by atoms with Crippen molar-refractivity contribution in [3.05, 3.63) is 11.1 Å². The zero-order valence-corrected chi connectivity index (χ0v) is 7.16. The topological polar surface area (TPSA) is 0 Å². The van der Waals surface area contributed by atoms with Gasteiger partial charge >= 0.3 is 0 Å². The molecule has 0 heterocycles. The van der Waals surface area contributed by atoms with Gasteiger partial charge in [0.05, 0.1) is 0 Å². The second kappa shape index (κ2) is 4.13. The molecule has 0 saturated heterocycles. The predicted molar refractivity (Wildman–Crippen MR) is 42.1 cm³/mol. The Bertz CT molecular complexity index is 76.5. The van der Waals surface area contributed by atoms with E-state index < -0.39 is 0 Å². The highest BCUT2D eigenvalue weighted by Gasteiger charge is 1.97. The standard InChI is InChI=1S/C7H13Br/c1-4-6(2)5-7(3)8/h6H,3-5H2,1-2H3. The van der Waals surface area contributed by atoms with Gasteiger partial charge in [0, 0.05) is 0 Å². The summed E-state index contributed by atoms with van der Waals surface area (Å²) >= 11 is 3.32. The summed E-state index contributed by atoms with van der Waals surface area (Å²) < 4.78 is 1.12. The third-order valence-corrected chi connectivity index (χ3v) is 1.59. The first-order chi connectivity index (χ1) is 3.66. The quantitative estimate of drug-likeness (QED) is 0.620. The Labute approximate surface area is 60.1 Å². The van der Waals surface area contributed by atoms with Gasteiger partial charge in [-0.2, -0.15) is 0 Å².